The third kappa shape index (κ3) is 5.40. The summed E-state index contributed by atoms with van der Waals surface area (Å²) in [5.41, 5.74) is 1.45. The van der Waals surface area contributed by atoms with Crippen LogP contribution >= 0.6 is 0 Å². The fourth-order valence-corrected chi connectivity index (χ4v) is 6.27. The molecule has 4 heterocycles. The molecule has 0 bridgehead atoms. The van der Waals surface area contributed by atoms with E-state index in [-0.39, 0.29) is 40.7 Å². The predicted molar refractivity (Wildman–Crippen MR) is 126 cm³/mol. The number of anilines is 1. The van der Waals surface area contributed by atoms with E-state index in [1.807, 2.05) is 0 Å². The standard InChI is InChI=1S/C24H30N4O6S/c29-21-6-3-17-14-19(4-5-20(17)25-21)35(31,32)13-9-22(30)28-10-1-2-18(15-28)24-26-23(27-34-24)16-7-11-33-12-8-16/h4-5,14,16,18H,1-3,6-13,15H2,(H,25,29). The molecule has 10 nitrogen and oxygen atoms in total. The molecule has 188 valence electrons. The first-order chi connectivity index (χ1) is 16.9. The first-order valence-corrected chi connectivity index (χ1v) is 13.9. The molecule has 2 amide bonds. The van der Waals surface area contributed by atoms with Crippen LogP contribution in [0, 0.1) is 0 Å². The molecule has 1 aromatic heterocycles. The summed E-state index contributed by atoms with van der Waals surface area (Å²) in [7, 11) is -3.63. The number of amides is 2. The minimum atomic E-state index is -3.63. The lowest BCUT2D eigenvalue weighted by Crippen LogP contribution is -2.39. The molecular weight excluding hydrogens is 472 g/mol. The number of carbonyl (C=O) groups excluding carboxylic acids is 2. The van der Waals surface area contributed by atoms with Gasteiger partial charge >= 0.3 is 0 Å². The number of rotatable bonds is 6. The maximum Gasteiger partial charge on any atom is 0.231 e. The van der Waals surface area contributed by atoms with Gasteiger partial charge in [0.2, 0.25) is 17.7 Å². The van der Waals surface area contributed by atoms with Crippen molar-refractivity contribution in [2.45, 2.75) is 61.7 Å². The number of carbonyl (C=O) groups is 2. The second-order valence-corrected chi connectivity index (χ2v) is 11.6. The number of nitrogens with one attached hydrogen (secondary N) is 1. The molecule has 0 spiro atoms. The van der Waals surface area contributed by atoms with Crippen LogP contribution in [0.4, 0.5) is 5.69 Å². The number of benzene rings is 1. The zero-order chi connectivity index (χ0) is 24.4. The number of sulfone groups is 1. The fraction of sp³-hybridized carbons (Fsp3) is 0.583. The molecule has 5 rings (SSSR count). The average Bonchev–Trinajstić information content (AvgIpc) is 3.38. The van der Waals surface area contributed by atoms with Crippen LogP contribution in [0.1, 0.15) is 67.6 Å². The molecule has 1 N–H and O–H groups in total. The SMILES string of the molecule is O=C1CCc2cc(S(=O)(=O)CCC(=O)N3CCCC(c4nc(C5CCOCC5)no4)C3)ccc2N1. The topological polar surface area (TPSA) is 132 Å². The molecule has 1 atom stereocenters. The van der Waals surface area contributed by atoms with E-state index >= 15 is 0 Å². The van der Waals surface area contributed by atoms with Gasteiger partial charge in [-0.1, -0.05) is 5.16 Å². The second-order valence-electron chi connectivity index (χ2n) is 9.49. The molecule has 3 aliphatic heterocycles. The summed E-state index contributed by atoms with van der Waals surface area (Å²) in [5.74, 6) is 0.952. The highest BCUT2D eigenvalue weighted by Gasteiger charge is 2.31. The fourth-order valence-electron chi connectivity index (χ4n) is 4.99. The number of aryl methyl sites for hydroxylation is 1. The number of piperidine rings is 1. The van der Waals surface area contributed by atoms with Crippen molar-refractivity contribution in [3.05, 3.63) is 35.5 Å². The maximum absolute atomic E-state index is 12.9. The van der Waals surface area contributed by atoms with Gasteiger partial charge in [-0.05, 0) is 55.9 Å². The Kier molecular flexibility index (Phi) is 6.88. The Hall–Kier alpha value is -2.79. The summed E-state index contributed by atoms with van der Waals surface area (Å²) < 4.78 is 36.8. The Bertz CT molecular complexity index is 1200. The van der Waals surface area contributed by atoms with Gasteiger partial charge in [0.25, 0.3) is 0 Å². The number of fused-ring (bicyclic) bond motifs is 1. The van der Waals surface area contributed by atoms with Crippen LogP contribution in [0.25, 0.3) is 0 Å². The molecule has 35 heavy (non-hydrogen) atoms. The lowest BCUT2D eigenvalue weighted by molar-refractivity contribution is -0.132. The molecule has 3 aliphatic rings. The van der Waals surface area contributed by atoms with E-state index in [2.05, 4.69) is 15.5 Å². The molecular formula is C24H30N4O6S. The highest BCUT2D eigenvalue weighted by Crippen LogP contribution is 2.30. The lowest BCUT2D eigenvalue weighted by atomic mass is 9.97. The van der Waals surface area contributed by atoms with Crippen molar-refractivity contribution < 1.29 is 27.3 Å². The van der Waals surface area contributed by atoms with Crippen LogP contribution in [0.2, 0.25) is 0 Å². The van der Waals surface area contributed by atoms with Crippen LogP contribution in [-0.4, -0.2) is 67.3 Å². The molecule has 0 aliphatic carbocycles. The first kappa shape index (κ1) is 23.9. The smallest absolute Gasteiger partial charge is 0.231 e. The van der Waals surface area contributed by atoms with Gasteiger partial charge in [-0.3, -0.25) is 9.59 Å². The third-order valence-electron chi connectivity index (χ3n) is 7.08. The summed E-state index contributed by atoms with van der Waals surface area (Å²) in [5, 5.41) is 6.93. The van der Waals surface area contributed by atoms with E-state index in [4.69, 9.17) is 9.26 Å². The largest absolute Gasteiger partial charge is 0.381 e. The van der Waals surface area contributed by atoms with Gasteiger partial charge in [-0.25, -0.2) is 8.42 Å². The van der Waals surface area contributed by atoms with Crippen molar-refractivity contribution in [2.24, 2.45) is 0 Å². The molecule has 0 saturated carbocycles. The quantitative estimate of drug-likeness (QED) is 0.637. The van der Waals surface area contributed by atoms with Crippen LogP contribution in [0.15, 0.2) is 27.6 Å². The predicted octanol–water partition coefficient (Wildman–Crippen LogP) is 2.42. The first-order valence-electron chi connectivity index (χ1n) is 12.2. The third-order valence-corrected chi connectivity index (χ3v) is 8.80. The number of ether oxygens (including phenoxy) is 1. The van der Waals surface area contributed by atoms with Crippen LogP contribution in [0.3, 0.4) is 0 Å². The van der Waals surface area contributed by atoms with Crippen molar-refractivity contribution in [3.8, 4) is 0 Å². The van der Waals surface area contributed by atoms with Gasteiger partial charge in [0.05, 0.1) is 16.6 Å². The van der Waals surface area contributed by atoms with Crippen molar-refractivity contribution >= 4 is 27.3 Å². The number of nitrogens with zero attached hydrogens (tertiary/aromatic N) is 3. The van der Waals surface area contributed by atoms with Crippen LogP contribution in [0.5, 0.6) is 0 Å². The van der Waals surface area contributed by atoms with Gasteiger partial charge in [0.1, 0.15) is 0 Å². The highest BCUT2D eigenvalue weighted by atomic mass is 32.2. The van der Waals surface area contributed by atoms with Gasteiger partial charge in [0, 0.05) is 50.8 Å². The minimum Gasteiger partial charge on any atom is -0.381 e. The molecule has 1 aromatic carbocycles. The molecule has 2 fully saturated rings. The monoisotopic (exact) mass is 502 g/mol. The van der Waals surface area contributed by atoms with E-state index in [0.717, 1.165) is 31.2 Å². The molecule has 0 radical (unpaired) electrons. The molecule has 1 unspecified atom stereocenters. The summed E-state index contributed by atoms with van der Waals surface area (Å²) in [6.45, 7) is 2.44. The highest BCUT2D eigenvalue weighted by molar-refractivity contribution is 7.91. The summed E-state index contributed by atoms with van der Waals surface area (Å²) in [6.07, 6.45) is 4.16. The number of likely N-dealkylation sites (tertiary alicyclic amines) is 1. The molecule has 2 aromatic rings. The second kappa shape index (κ2) is 10.1. The zero-order valence-electron chi connectivity index (χ0n) is 19.6. The van der Waals surface area contributed by atoms with Crippen molar-refractivity contribution in [3.63, 3.8) is 0 Å². The van der Waals surface area contributed by atoms with Gasteiger partial charge in [-0.15, -0.1) is 0 Å². The normalized spacial score (nSPS) is 21.4. The Labute approximate surface area is 204 Å². The maximum atomic E-state index is 12.9. The van der Waals surface area contributed by atoms with Gasteiger partial charge < -0.3 is 19.5 Å². The summed E-state index contributed by atoms with van der Waals surface area (Å²) in [6, 6.07) is 4.72. The van der Waals surface area contributed by atoms with Crippen LogP contribution < -0.4 is 5.32 Å². The number of hydrogen-bond acceptors (Lipinski definition) is 8. The zero-order valence-corrected chi connectivity index (χ0v) is 20.4. The lowest BCUT2D eigenvalue weighted by Gasteiger charge is -2.31. The van der Waals surface area contributed by atoms with Crippen LogP contribution in [-0.2, 0) is 30.6 Å². The Morgan fingerprint density at radius 2 is 1.97 bits per heavy atom. The van der Waals surface area contributed by atoms with E-state index in [9.17, 15) is 18.0 Å². The van der Waals surface area contributed by atoms with Crippen molar-refractivity contribution in [1.29, 1.82) is 0 Å². The number of aromatic nitrogens is 2. The van der Waals surface area contributed by atoms with Crippen molar-refractivity contribution in [1.82, 2.24) is 15.0 Å². The Balaban J connectivity index is 1.18. The van der Waals surface area contributed by atoms with E-state index in [1.54, 1.807) is 17.0 Å². The summed E-state index contributed by atoms with van der Waals surface area (Å²) >= 11 is 0. The van der Waals surface area contributed by atoms with Crippen molar-refractivity contribution in [2.75, 3.05) is 37.4 Å². The summed E-state index contributed by atoms with van der Waals surface area (Å²) in [4.78, 5) is 31.0. The Morgan fingerprint density at radius 1 is 1.14 bits per heavy atom. The van der Waals surface area contributed by atoms with E-state index in [1.165, 1.54) is 6.07 Å². The van der Waals surface area contributed by atoms with Gasteiger partial charge in [-0.2, -0.15) is 4.98 Å². The van der Waals surface area contributed by atoms with Gasteiger partial charge in [0.15, 0.2) is 15.7 Å². The average molecular weight is 503 g/mol. The van der Waals surface area contributed by atoms with E-state index < -0.39 is 9.84 Å². The molecule has 2 saturated heterocycles. The molecule has 11 heteroatoms. The van der Waals surface area contributed by atoms with E-state index in [0.29, 0.717) is 56.5 Å². The Morgan fingerprint density at radius 3 is 2.80 bits per heavy atom. The number of hydrogen-bond donors (Lipinski definition) is 1. The minimum absolute atomic E-state index is 0.0405.